The van der Waals surface area contributed by atoms with Crippen LogP contribution in [0.4, 0.5) is 0 Å². The van der Waals surface area contributed by atoms with Gasteiger partial charge in [-0.3, -0.25) is 4.79 Å². The number of hydrogen-bond donors (Lipinski definition) is 1. The Balaban J connectivity index is 1.74. The van der Waals surface area contributed by atoms with E-state index in [1.54, 1.807) is 7.11 Å². The summed E-state index contributed by atoms with van der Waals surface area (Å²) in [7, 11) is -1.56. The summed E-state index contributed by atoms with van der Waals surface area (Å²) in [4.78, 5) is 12.3. The van der Waals surface area contributed by atoms with Crippen molar-refractivity contribution in [2.24, 2.45) is 5.92 Å². The lowest BCUT2D eigenvalue weighted by Crippen LogP contribution is -2.45. The van der Waals surface area contributed by atoms with Crippen LogP contribution in [0, 0.1) is 5.92 Å². The summed E-state index contributed by atoms with van der Waals surface area (Å²) in [6.45, 7) is 3.04. The monoisotopic (exact) mass is 370 g/mol. The minimum atomic E-state index is -3.17. The molecule has 0 radical (unpaired) electrons. The van der Waals surface area contributed by atoms with Crippen molar-refractivity contribution in [3.05, 3.63) is 24.3 Å². The van der Waals surface area contributed by atoms with Crippen molar-refractivity contribution >= 4 is 15.9 Å². The number of hydrogen-bond acceptors (Lipinski definition) is 5. The molecule has 1 heterocycles. The van der Waals surface area contributed by atoms with E-state index >= 15 is 0 Å². The molecule has 1 aromatic carbocycles. The van der Waals surface area contributed by atoms with Crippen LogP contribution in [0.1, 0.15) is 19.8 Å². The first-order valence-electron chi connectivity index (χ1n) is 8.32. The Hall–Kier alpha value is -1.80. The highest BCUT2D eigenvalue weighted by atomic mass is 32.2. The minimum Gasteiger partial charge on any atom is -0.497 e. The molecule has 25 heavy (non-hydrogen) atoms. The number of carbonyl (C=O) groups is 1. The average Bonchev–Trinajstić information content (AvgIpc) is 2.59. The second-order valence-corrected chi connectivity index (χ2v) is 8.31. The normalized spacial score (nSPS) is 17.7. The maximum absolute atomic E-state index is 12.3. The van der Waals surface area contributed by atoms with E-state index < -0.39 is 10.0 Å². The number of nitrogens with zero attached hydrogens (tertiary/aromatic N) is 1. The molecule has 2 rings (SSSR count). The van der Waals surface area contributed by atoms with Crippen molar-refractivity contribution in [2.45, 2.75) is 25.8 Å². The second kappa shape index (κ2) is 8.53. The highest BCUT2D eigenvalue weighted by Gasteiger charge is 2.29. The molecule has 0 saturated carbocycles. The van der Waals surface area contributed by atoms with Crippen molar-refractivity contribution in [3.63, 3.8) is 0 Å². The highest BCUT2D eigenvalue weighted by Crippen LogP contribution is 2.20. The Morgan fingerprint density at radius 2 is 1.80 bits per heavy atom. The van der Waals surface area contributed by atoms with Crippen LogP contribution in [0.5, 0.6) is 11.5 Å². The lowest BCUT2D eigenvalue weighted by Gasteiger charge is -2.30. The number of nitrogens with one attached hydrogen (secondary N) is 1. The molecule has 1 aliphatic rings. The molecule has 1 fully saturated rings. The van der Waals surface area contributed by atoms with Crippen molar-refractivity contribution < 1.29 is 22.7 Å². The predicted octanol–water partition coefficient (Wildman–Crippen LogP) is 1.25. The first-order valence-corrected chi connectivity index (χ1v) is 10.2. The molecule has 1 saturated heterocycles. The lowest BCUT2D eigenvalue weighted by atomic mass is 9.97. The van der Waals surface area contributed by atoms with Gasteiger partial charge >= 0.3 is 0 Å². The van der Waals surface area contributed by atoms with Gasteiger partial charge in [0, 0.05) is 19.0 Å². The molecule has 0 aliphatic carbocycles. The first-order chi connectivity index (χ1) is 11.8. The van der Waals surface area contributed by atoms with Crippen molar-refractivity contribution in [2.75, 3.05) is 33.1 Å². The fraction of sp³-hybridized carbons (Fsp3) is 0.588. The maximum Gasteiger partial charge on any atom is 0.223 e. The molecular formula is C17H26N2O5S. The maximum atomic E-state index is 12.3. The molecule has 1 aliphatic heterocycles. The molecule has 7 nitrogen and oxygen atoms in total. The summed E-state index contributed by atoms with van der Waals surface area (Å²) in [5, 5.41) is 2.94. The van der Waals surface area contributed by atoms with Crippen LogP contribution < -0.4 is 14.8 Å². The molecule has 0 aromatic heterocycles. The van der Waals surface area contributed by atoms with Crippen LogP contribution in [0.2, 0.25) is 0 Å². The Kier molecular flexibility index (Phi) is 6.66. The Labute approximate surface area is 149 Å². The van der Waals surface area contributed by atoms with Gasteiger partial charge in [-0.15, -0.1) is 0 Å². The van der Waals surface area contributed by atoms with Crippen LogP contribution in [0.25, 0.3) is 0 Å². The average molecular weight is 370 g/mol. The second-order valence-electron chi connectivity index (χ2n) is 6.33. The molecule has 8 heteroatoms. The zero-order chi connectivity index (χ0) is 18.4. The zero-order valence-electron chi connectivity index (χ0n) is 14.9. The largest absolute Gasteiger partial charge is 0.497 e. The molecule has 0 unspecified atom stereocenters. The third-order valence-corrected chi connectivity index (χ3v) is 5.55. The number of carbonyl (C=O) groups excluding carboxylic acids is 1. The van der Waals surface area contributed by atoms with E-state index in [2.05, 4.69) is 5.32 Å². The third kappa shape index (κ3) is 5.89. The van der Waals surface area contributed by atoms with Gasteiger partial charge in [0.1, 0.15) is 18.1 Å². The SMILES string of the molecule is COc1ccc(OC[C@H](C)NC(=O)C2CCN(S(C)(=O)=O)CC2)cc1. The summed E-state index contributed by atoms with van der Waals surface area (Å²) in [6.07, 6.45) is 2.29. The number of ether oxygens (including phenoxy) is 2. The number of methoxy groups -OCH3 is 1. The zero-order valence-corrected chi connectivity index (χ0v) is 15.7. The molecule has 1 aromatic rings. The van der Waals surface area contributed by atoms with Gasteiger partial charge in [0.15, 0.2) is 0 Å². The highest BCUT2D eigenvalue weighted by molar-refractivity contribution is 7.88. The van der Waals surface area contributed by atoms with E-state index in [0.717, 1.165) is 5.75 Å². The Morgan fingerprint density at radius 1 is 1.24 bits per heavy atom. The van der Waals surface area contributed by atoms with Crippen LogP contribution in [-0.4, -0.2) is 57.7 Å². The van der Waals surface area contributed by atoms with E-state index in [4.69, 9.17) is 9.47 Å². The van der Waals surface area contributed by atoms with E-state index in [-0.39, 0.29) is 17.9 Å². The van der Waals surface area contributed by atoms with E-state index in [0.29, 0.717) is 38.3 Å². The van der Waals surface area contributed by atoms with Gasteiger partial charge in [-0.25, -0.2) is 12.7 Å². The smallest absolute Gasteiger partial charge is 0.223 e. The van der Waals surface area contributed by atoms with Gasteiger partial charge in [0.25, 0.3) is 0 Å². The molecule has 1 amide bonds. The predicted molar refractivity (Wildman–Crippen MR) is 95.2 cm³/mol. The quantitative estimate of drug-likeness (QED) is 0.781. The van der Waals surface area contributed by atoms with Crippen LogP contribution in [0.3, 0.4) is 0 Å². The topological polar surface area (TPSA) is 84.9 Å². The molecule has 0 spiro atoms. The van der Waals surface area contributed by atoms with Crippen molar-refractivity contribution in [1.29, 1.82) is 0 Å². The van der Waals surface area contributed by atoms with Gasteiger partial charge in [0.2, 0.25) is 15.9 Å². The first kappa shape index (κ1) is 19.5. The molecule has 1 atom stereocenters. The van der Waals surface area contributed by atoms with E-state index in [1.807, 2.05) is 31.2 Å². The summed E-state index contributed by atoms with van der Waals surface area (Å²) in [6, 6.07) is 7.12. The third-order valence-electron chi connectivity index (χ3n) is 4.24. The standard InChI is InChI=1S/C17H26N2O5S/c1-13(12-24-16-6-4-15(23-2)5-7-16)18-17(20)14-8-10-19(11-9-14)25(3,21)22/h4-7,13-14H,8-12H2,1-3H3,(H,18,20)/t13-/m0/s1. The van der Waals surface area contributed by atoms with Crippen LogP contribution in [0.15, 0.2) is 24.3 Å². The van der Waals surface area contributed by atoms with Crippen molar-refractivity contribution in [1.82, 2.24) is 9.62 Å². The van der Waals surface area contributed by atoms with Crippen molar-refractivity contribution in [3.8, 4) is 11.5 Å². The number of piperidine rings is 1. The molecule has 1 N–H and O–H groups in total. The molecular weight excluding hydrogens is 344 g/mol. The van der Waals surface area contributed by atoms with Crippen LogP contribution in [-0.2, 0) is 14.8 Å². The van der Waals surface area contributed by atoms with Gasteiger partial charge in [-0.2, -0.15) is 0 Å². The Bertz CT molecular complexity index is 667. The van der Waals surface area contributed by atoms with E-state index in [1.165, 1.54) is 10.6 Å². The summed E-state index contributed by atoms with van der Waals surface area (Å²) >= 11 is 0. The minimum absolute atomic E-state index is 0.0426. The number of benzene rings is 1. The summed E-state index contributed by atoms with van der Waals surface area (Å²) in [5.74, 6) is 1.28. The number of rotatable bonds is 7. The number of amides is 1. The fourth-order valence-corrected chi connectivity index (χ4v) is 3.62. The summed E-state index contributed by atoms with van der Waals surface area (Å²) < 4.78 is 35.2. The number of sulfonamides is 1. The molecule has 0 bridgehead atoms. The molecule has 140 valence electrons. The van der Waals surface area contributed by atoms with Gasteiger partial charge in [-0.1, -0.05) is 0 Å². The van der Waals surface area contributed by atoms with Crippen LogP contribution >= 0.6 is 0 Å². The summed E-state index contributed by atoms with van der Waals surface area (Å²) in [5.41, 5.74) is 0. The fourth-order valence-electron chi connectivity index (χ4n) is 2.75. The van der Waals surface area contributed by atoms with Gasteiger partial charge in [0.05, 0.1) is 19.4 Å². The van der Waals surface area contributed by atoms with Gasteiger partial charge in [-0.05, 0) is 44.0 Å². The van der Waals surface area contributed by atoms with Gasteiger partial charge < -0.3 is 14.8 Å². The lowest BCUT2D eigenvalue weighted by molar-refractivity contribution is -0.126. The Morgan fingerprint density at radius 3 is 2.32 bits per heavy atom. The van der Waals surface area contributed by atoms with E-state index in [9.17, 15) is 13.2 Å².